The highest BCUT2D eigenvalue weighted by Crippen LogP contribution is 2.30. The molecule has 0 saturated heterocycles. The van der Waals surface area contributed by atoms with Gasteiger partial charge in [-0.25, -0.2) is 4.98 Å². The van der Waals surface area contributed by atoms with Crippen molar-refractivity contribution in [1.82, 2.24) is 9.55 Å². The fraction of sp³-hybridized carbons (Fsp3) is 0.308. The van der Waals surface area contributed by atoms with Gasteiger partial charge in [-0.3, -0.25) is 4.57 Å². The molecular weight excluding hydrogens is 303 g/mol. The molecule has 2 aromatic rings. The molecule has 1 atom stereocenters. The van der Waals surface area contributed by atoms with E-state index < -0.39 is 5.18 Å². The SMILES string of the molecule is CSCOC(Cl)(Cc1ccc(Cl)cc1)n1ccnc1. The molecule has 0 saturated carbocycles. The van der Waals surface area contributed by atoms with Crippen molar-refractivity contribution in [3.05, 3.63) is 53.6 Å². The minimum Gasteiger partial charge on any atom is -0.331 e. The molecule has 2 rings (SSSR count). The van der Waals surface area contributed by atoms with Gasteiger partial charge in [0.2, 0.25) is 5.18 Å². The quantitative estimate of drug-likeness (QED) is 0.596. The number of thioether (sulfide) groups is 1. The average Bonchev–Trinajstić information content (AvgIpc) is 2.94. The van der Waals surface area contributed by atoms with Crippen LogP contribution in [0, 0.1) is 0 Å². The van der Waals surface area contributed by atoms with Crippen LogP contribution in [0.3, 0.4) is 0 Å². The fourth-order valence-corrected chi connectivity index (χ4v) is 2.49. The summed E-state index contributed by atoms with van der Waals surface area (Å²) in [7, 11) is 0. The highest BCUT2D eigenvalue weighted by atomic mass is 35.5. The zero-order chi connectivity index (χ0) is 13.7. The van der Waals surface area contributed by atoms with Crippen molar-refractivity contribution in [1.29, 1.82) is 0 Å². The van der Waals surface area contributed by atoms with E-state index in [-0.39, 0.29) is 0 Å². The number of benzene rings is 1. The lowest BCUT2D eigenvalue weighted by molar-refractivity contribution is -0.00982. The average molecular weight is 317 g/mol. The second-order valence-electron chi connectivity index (χ2n) is 4.01. The van der Waals surface area contributed by atoms with E-state index in [0.717, 1.165) is 5.56 Å². The van der Waals surface area contributed by atoms with E-state index in [1.54, 1.807) is 35.0 Å². The van der Waals surface area contributed by atoms with E-state index in [1.165, 1.54) is 0 Å². The van der Waals surface area contributed by atoms with Crippen LogP contribution in [0.25, 0.3) is 0 Å². The minimum absolute atomic E-state index is 0.509. The summed E-state index contributed by atoms with van der Waals surface area (Å²) in [5.41, 5.74) is 1.05. The second-order valence-corrected chi connectivity index (χ2v) is 5.85. The monoisotopic (exact) mass is 316 g/mol. The predicted molar refractivity (Wildman–Crippen MR) is 80.7 cm³/mol. The molecule has 0 radical (unpaired) electrons. The largest absolute Gasteiger partial charge is 0.331 e. The van der Waals surface area contributed by atoms with Crippen LogP contribution in [-0.4, -0.2) is 21.7 Å². The van der Waals surface area contributed by atoms with Crippen LogP contribution in [0.1, 0.15) is 5.56 Å². The predicted octanol–water partition coefficient (Wildman–Crippen LogP) is 3.97. The molecule has 3 nitrogen and oxygen atoms in total. The zero-order valence-electron chi connectivity index (χ0n) is 10.4. The first-order valence-corrected chi connectivity index (χ1v) is 7.84. The fourth-order valence-electron chi connectivity index (χ4n) is 1.68. The van der Waals surface area contributed by atoms with E-state index in [0.29, 0.717) is 17.4 Å². The van der Waals surface area contributed by atoms with Crippen molar-refractivity contribution in [2.75, 3.05) is 12.2 Å². The number of hydrogen-bond donors (Lipinski definition) is 0. The molecule has 6 heteroatoms. The Kier molecular flexibility index (Phi) is 5.16. The molecule has 1 unspecified atom stereocenters. The van der Waals surface area contributed by atoms with Crippen LogP contribution in [0.2, 0.25) is 5.02 Å². The van der Waals surface area contributed by atoms with Gasteiger partial charge in [-0.15, -0.1) is 11.8 Å². The van der Waals surface area contributed by atoms with Gasteiger partial charge < -0.3 is 4.74 Å². The minimum atomic E-state index is -0.965. The number of aromatic nitrogens is 2. The Bertz CT molecular complexity index is 504. The summed E-state index contributed by atoms with van der Waals surface area (Å²) in [6.45, 7) is 0. The van der Waals surface area contributed by atoms with Gasteiger partial charge in [0.1, 0.15) is 0 Å². The first kappa shape index (κ1) is 14.7. The van der Waals surface area contributed by atoms with E-state index in [2.05, 4.69) is 4.98 Å². The smallest absolute Gasteiger partial charge is 0.228 e. The molecule has 0 spiro atoms. The number of rotatable bonds is 6. The number of alkyl halides is 1. The van der Waals surface area contributed by atoms with Crippen molar-refractivity contribution in [2.24, 2.45) is 0 Å². The number of halogens is 2. The third kappa shape index (κ3) is 3.89. The van der Waals surface area contributed by atoms with E-state index in [9.17, 15) is 0 Å². The van der Waals surface area contributed by atoms with E-state index in [1.807, 2.05) is 30.5 Å². The van der Waals surface area contributed by atoms with Crippen LogP contribution in [0.4, 0.5) is 0 Å². The van der Waals surface area contributed by atoms with Crippen molar-refractivity contribution in [3.8, 4) is 0 Å². The number of nitrogens with zero attached hydrogens (tertiary/aromatic N) is 2. The molecule has 19 heavy (non-hydrogen) atoms. The third-order valence-corrected chi connectivity index (χ3v) is 3.67. The molecule has 1 aromatic heterocycles. The highest BCUT2D eigenvalue weighted by Gasteiger charge is 2.30. The van der Waals surface area contributed by atoms with Crippen molar-refractivity contribution in [2.45, 2.75) is 11.6 Å². The number of imidazole rings is 1. The molecule has 1 heterocycles. The molecule has 0 bridgehead atoms. The third-order valence-electron chi connectivity index (χ3n) is 2.62. The first-order valence-electron chi connectivity index (χ1n) is 5.69. The summed E-state index contributed by atoms with van der Waals surface area (Å²) in [4.78, 5) is 4.02. The molecular formula is C13H14Cl2N2OS. The lowest BCUT2D eigenvalue weighted by atomic mass is 10.1. The van der Waals surface area contributed by atoms with E-state index >= 15 is 0 Å². The van der Waals surface area contributed by atoms with Crippen LogP contribution < -0.4 is 0 Å². The van der Waals surface area contributed by atoms with Crippen molar-refractivity contribution < 1.29 is 4.74 Å². The molecule has 0 N–H and O–H groups in total. The lowest BCUT2D eigenvalue weighted by Gasteiger charge is -2.28. The Hall–Kier alpha value is -0.680. The Balaban J connectivity index is 2.20. The Morgan fingerprint density at radius 3 is 2.68 bits per heavy atom. The van der Waals surface area contributed by atoms with Gasteiger partial charge in [0.05, 0.1) is 12.3 Å². The summed E-state index contributed by atoms with van der Waals surface area (Å²) in [6.07, 6.45) is 7.63. The van der Waals surface area contributed by atoms with Crippen molar-refractivity contribution >= 4 is 35.0 Å². The van der Waals surface area contributed by atoms with Crippen LogP contribution >= 0.6 is 35.0 Å². The molecule has 0 aliphatic heterocycles. The molecule has 0 aliphatic rings. The number of hydrogen-bond acceptors (Lipinski definition) is 3. The summed E-state index contributed by atoms with van der Waals surface area (Å²) < 4.78 is 7.54. The normalized spacial score (nSPS) is 14.3. The molecule has 0 aliphatic carbocycles. The summed E-state index contributed by atoms with van der Waals surface area (Å²) in [5, 5.41) is -0.260. The maximum absolute atomic E-state index is 6.61. The standard InChI is InChI=1S/C13H14Cl2N2OS/c1-19-10-18-13(15,17-7-6-16-9-17)8-11-2-4-12(14)5-3-11/h2-7,9H,8,10H2,1H3. The summed E-state index contributed by atoms with van der Waals surface area (Å²) in [6, 6.07) is 7.57. The Morgan fingerprint density at radius 1 is 1.37 bits per heavy atom. The van der Waals surface area contributed by atoms with Gasteiger partial charge in [-0.05, 0) is 24.0 Å². The maximum Gasteiger partial charge on any atom is 0.228 e. The molecule has 0 amide bonds. The summed E-state index contributed by atoms with van der Waals surface area (Å²) >= 11 is 14.1. The lowest BCUT2D eigenvalue weighted by Crippen LogP contribution is -2.32. The molecule has 1 aromatic carbocycles. The van der Waals surface area contributed by atoms with Crippen LogP contribution in [-0.2, 0) is 16.3 Å². The van der Waals surface area contributed by atoms with Crippen LogP contribution in [0.15, 0.2) is 43.0 Å². The van der Waals surface area contributed by atoms with E-state index in [4.69, 9.17) is 27.9 Å². The Labute approximate surface area is 126 Å². The topological polar surface area (TPSA) is 27.1 Å². The van der Waals surface area contributed by atoms with Gasteiger partial charge in [0.25, 0.3) is 0 Å². The van der Waals surface area contributed by atoms with Gasteiger partial charge >= 0.3 is 0 Å². The zero-order valence-corrected chi connectivity index (χ0v) is 12.8. The number of ether oxygens (including phenoxy) is 1. The van der Waals surface area contributed by atoms with Gasteiger partial charge in [0.15, 0.2) is 0 Å². The molecule has 0 fully saturated rings. The van der Waals surface area contributed by atoms with Gasteiger partial charge in [-0.2, -0.15) is 0 Å². The Morgan fingerprint density at radius 2 is 2.11 bits per heavy atom. The van der Waals surface area contributed by atoms with Crippen molar-refractivity contribution in [3.63, 3.8) is 0 Å². The second kappa shape index (κ2) is 6.66. The highest BCUT2D eigenvalue weighted by molar-refractivity contribution is 7.98. The summed E-state index contributed by atoms with van der Waals surface area (Å²) in [5.74, 6) is 0.509. The van der Waals surface area contributed by atoms with Gasteiger partial charge in [-0.1, -0.05) is 35.3 Å². The van der Waals surface area contributed by atoms with Gasteiger partial charge in [0, 0.05) is 23.8 Å². The van der Waals surface area contributed by atoms with Crippen LogP contribution in [0.5, 0.6) is 0 Å². The molecule has 102 valence electrons. The maximum atomic E-state index is 6.61. The first-order chi connectivity index (χ1) is 9.14.